The Morgan fingerprint density at radius 3 is 2.05 bits per heavy atom. The first kappa shape index (κ1) is 16.6. The van der Waals surface area contributed by atoms with Gasteiger partial charge in [0.15, 0.2) is 5.75 Å². The average molecular weight is 319 g/mol. The fraction of sp³-hybridized carbons (Fsp3) is 0.250. The van der Waals surface area contributed by atoms with Crippen LogP contribution in [0.1, 0.15) is 26.3 Å². The van der Waals surface area contributed by atoms with Gasteiger partial charge in [-0.1, -0.05) is 11.6 Å². The minimum Gasteiger partial charge on any atom is -0.506 e. The van der Waals surface area contributed by atoms with E-state index in [1.165, 1.54) is 0 Å². The van der Waals surface area contributed by atoms with Crippen molar-refractivity contribution in [1.82, 2.24) is 0 Å². The van der Waals surface area contributed by atoms with Crippen LogP contribution in [0, 0.1) is 0 Å². The number of carboxylic acids is 1. The van der Waals surface area contributed by atoms with E-state index in [1.807, 2.05) is 0 Å². The molecule has 1 rings (SSSR count). The summed E-state index contributed by atoms with van der Waals surface area (Å²) >= 11 is 5.78. The lowest BCUT2D eigenvalue weighted by Gasteiger charge is -2.15. The van der Waals surface area contributed by atoms with Crippen LogP contribution in [-0.2, 0) is 20.7 Å². The number of carboxylic acid groups (broad SMARTS) is 1. The molecule has 9 heteroatoms. The minimum absolute atomic E-state index is 0.296. The molecule has 0 unspecified atom stereocenters. The summed E-state index contributed by atoms with van der Waals surface area (Å²) in [6.45, 7) is 0. The fourth-order valence-electron chi connectivity index (χ4n) is 1.65. The Morgan fingerprint density at radius 1 is 1.05 bits per heavy atom. The van der Waals surface area contributed by atoms with Crippen LogP contribution in [0.25, 0.3) is 0 Å². The van der Waals surface area contributed by atoms with Gasteiger partial charge in [-0.15, -0.1) is 0 Å². The smallest absolute Gasteiger partial charge is 0.343 e. The monoisotopic (exact) mass is 318 g/mol. The number of aromatic carboxylic acids is 1. The quantitative estimate of drug-likeness (QED) is 0.699. The van der Waals surface area contributed by atoms with E-state index in [-0.39, 0.29) is 5.56 Å². The molecule has 0 fully saturated rings. The highest BCUT2D eigenvalue weighted by atomic mass is 35.5. The van der Waals surface area contributed by atoms with E-state index < -0.39 is 52.0 Å². The summed E-state index contributed by atoms with van der Waals surface area (Å²) < 4.78 is 8.82. The van der Waals surface area contributed by atoms with Gasteiger partial charge in [-0.3, -0.25) is 4.79 Å². The second-order valence-corrected chi connectivity index (χ2v) is 4.17. The third-order valence-electron chi connectivity index (χ3n) is 2.64. The Balaban J connectivity index is 3.73. The summed E-state index contributed by atoms with van der Waals surface area (Å²) in [7, 11) is 2.07. The number of aromatic hydroxyl groups is 2. The number of carbonyl (C=O) groups excluding carboxylic acids is 2. The molecule has 0 amide bonds. The first-order valence-electron chi connectivity index (χ1n) is 5.40. The van der Waals surface area contributed by atoms with E-state index in [9.17, 15) is 24.6 Å². The highest BCUT2D eigenvalue weighted by Gasteiger charge is 2.31. The molecular formula is C12H11ClO8. The zero-order chi connectivity index (χ0) is 16.3. The molecule has 21 heavy (non-hydrogen) atoms. The lowest BCUT2D eigenvalue weighted by Crippen LogP contribution is -2.14. The molecule has 0 atom stereocenters. The molecule has 0 aliphatic rings. The Kier molecular flexibility index (Phi) is 4.98. The van der Waals surface area contributed by atoms with Crippen molar-refractivity contribution in [2.45, 2.75) is 6.42 Å². The Morgan fingerprint density at radius 2 is 1.62 bits per heavy atom. The zero-order valence-electron chi connectivity index (χ0n) is 11.0. The lowest BCUT2D eigenvalue weighted by atomic mass is 9.98. The van der Waals surface area contributed by atoms with Crippen molar-refractivity contribution in [2.24, 2.45) is 0 Å². The average Bonchev–Trinajstić information content (AvgIpc) is 2.43. The lowest BCUT2D eigenvalue weighted by molar-refractivity contribution is -0.139. The van der Waals surface area contributed by atoms with E-state index in [0.717, 1.165) is 14.2 Å². The number of phenols is 2. The van der Waals surface area contributed by atoms with Gasteiger partial charge in [0, 0.05) is 5.56 Å². The third kappa shape index (κ3) is 3.00. The van der Waals surface area contributed by atoms with Crippen LogP contribution in [0.4, 0.5) is 0 Å². The maximum atomic E-state index is 11.7. The second-order valence-electron chi connectivity index (χ2n) is 3.79. The summed E-state index contributed by atoms with van der Waals surface area (Å²) in [6.07, 6.45) is -0.569. The van der Waals surface area contributed by atoms with Crippen LogP contribution in [0.5, 0.6) is 11.5 Å². The molecule has 0 aromatic heterocycles. The van der Waals surface area contributed by atoms with Gasteiger partial charge in [0.05, 0.1) is 25.7 Å². The number of halogens is 1. The number of ether oxygens (including phenoxy) is 2. The second kappa shape index (κ2) is 6.31. The number of hydrogen-bond donors (Lipinski definition) is 3. The Hall–Kier alpha value is -2.48. The van der Waals surface area contributed by atoms with Crippen molar-refractivity contribution in [3.05, 3.63) is 21.7 Å². The molecular weight excluding hydrogens is 308 g/mol. The highest BCUT2D eigenvalue weighted by Crippen LogP contribution is 2.41. The molecule has 0 saturated heterocycles. The topological polar surface area (TPSA) is 130 Å². The normalized spacial score (nSPS) is 10.0. The molecule has 0 aliphatic carbocycles. The van der Waals surface area contributed by atoms with Gasteiger partial charge >= 0.3 is 17.9 Å². The van der Waals surface area contributed by atoms with Crippen molar-refractivity contribution >= 4 is 29.5 Å². The van der Waals surface area contributed by atoms with Crippen LogP contribution >= 0.6 is 11.6 Å². The molecule has 0 radical (unpaired) electrons. The maximum absolute atomic E-state index is 11.7. The summed E-state index contributed by atoms with van der Waals surface area (Å²) in [5, 5.41) is 28.0. The summed E-state index contributed by atoms with van der Waals surface area (Å²) in [6, 6.07) is 0. The van der Waals surface area contributed by atoms with Crippen LogP contribution in [0.15, 0.2) is 0 Å². The molecule has 0 heterocycles. The zero-order valence-corrected chi connectivity index (χ0v) is 11.7. The first-order chi connectivity index (χ1) is 9.76. The van der Waals surface area contributed by atoms with Gasteiger partial charge in [0.2, 0.25) is 0 Å². The molecule has 114 valence electrons. The van der Waals surface area contributed by atoms with Gasteiger partial charge < -0.3 is 24.8 Å². The highest BCUT2D eigenvalue weighted by molar-refractivity contribution is 6.34. The molecule has 0 bridgehead atoms. The molecule has 1 aromatic carbocycles. The van der Waals surface area contributed by atoms with Crippen LogP contribution in [0.2, 0.25) is 5.02 Å². The van der Waals surface area contributed by atoms with Gasteiger partial charge in [0.25, 0.3) is 0 Å². The van der Waals surface area contributed by atoms with E-state index in [1.54, 1.807) is 0 Å². The van der Waals surface area contributed by atoms with E-state index in [4.69, 9.17) is 16.7 Å². The molecule has 0 spiro atoms. The number of rotatable bonds is 4. The number of benzene rings is 1. The Bertz CT molecular complexity index is 622. The number of esters is 2. The van der Waals surface area contributed by atoms with Gasteiger partial charge in [-0.2, -0.15) is 0 Å². The van der Waals surface area contributed by atoms with Gasteiger partial charge in [-0.05, 0) is 0 Å². The predicted octanol–water partition coefficient (Wildman–Crippen LogP) is 0.951. The number of methoxy groups -OCH3 is 2. The molecule has 0 saturated carbocycles. The van der Waals surface area contributed by atoms with E-state index >= 15 is 0 Å². The first-order valence-corrected chi connectivity index (χ1v) is 5.78. The standard InChI is InChI=1S/C12H11ClO8/c1-20-5(14)3-4-6(12(19)21-2)9(15)7(11(17)18)10(16)8(4)13/h15-16H,3H2,1-2H3,(H,17,18). The van der Waals surface area contributed by atoms with E-state index in [2.05, 4.69) is 9.47 Å². The molecule has 3 N–H and O–H groups in total. The van der Waals surface area contributed by atoms with Crippen molar-refractivity contribution in [3.63, 3.8) is 0 Å². The summed E-state index contributed by atoms with van der Waals surface area (Å²) in [5.41, 5.74) is -1.88. The summed E-state index contributed by atoms with van der Waals surface area (Å²) in [5.74, 6) is -5.65. The van der Waals surface area contributed by atoms with Crippen molar-refractivity contribution in [1.29, 1.82) is 0 Å². The summed E-state index contributed by atoms with van der Waals surface area (Å²) in [4.78, 5) is 34.0. The molecule has 1 aromatic rings. The van der Waals surface area contributed by atoms with Crippen LogP contribution < -0.4 is 0 Å². The molecule has 8 nitrogen and oxygen atoms in total. The third-order valence-corrected chi connectivity index (χ3v) is 3.04. The number of carbonyl (C=O) groups is 3. The van der Waals surface area contributed by atoms with Gasteiger partial charge in [0.1, 0.15) is 16.9 Å². The minimum atomic E-state index is -1.71. The SMILES string of the molecule is COC(=O)Cc1c(Cl)c(O)c(C(=O)O)c(O)c1C(=O)OC. The number of hydrogen-bond acceptors (Lipinski definition) is 7. The van der Waals surface area contributed by atoms with Crippen molar-refractivity contribution in [3.8, 4) is 11.5 Å². The predicted molar refractivity (Wildman–Crippen MR) is 68.8 cm³/mol. The molecule has 0 aliphatic heterocycles. The maximum Gasteiger partial charge on any atom is 0.343 e. The van der Waals surface area contributed by atoms with E-state index in [0.29, 0.717) is 0 Å². The fourth-order valence-corrected chi connectivity index (χ4v) is 1.91. The Labute approximate surface area is 123 Å². The largest absolute Gasteiger partial charge is 0.506 e. The van der Waals surface area contributed by atoms with Crippen LogP contribution in [0.3, 0.4) is 0 Å². The van der Waals surface area contributed by atoms with Crippen LogP contribution in [-0.4, -0.2) is 47.4 Å². The van der Waals surface area contributed by atoms with Gasteiger partial charge in [-0.25, -0.2) is 9.59 Å². The van der Waals surface area contributed by atoms with Crippen molar-refractivity contribution < 1.29 is 39.2 Å². The van der Waals surface area contributed by atoms with Crippen molar-refractivity contribution in [2.75, 3.05) is 14.2 Å².